The molecule has 2 nitrogen and oxygen atoms in total. The van der Waals surface area contributed by atoms with Crippen LogP contribution >= 0.6 is 0 Å². The number of hydrogen-bond acceptors (Lipinski definition) is 2. The number of ether oxygens (including phenoxy) is 1. The lowest BCUT2D eigenvalue weighted by molar-refractivity contribution is 0.0441. The van der Waals surface area contributed by atoms with E-state index in [0.717, 1.165) is 5.56 Å². The van der Waals surface area contributed by atoms with Crippen molar-refractivity contribution in [2.75, 3.05) is 7.11 Å². The average molecular weight is 243 g/mol. The Bertz CT molecular complexity index is 516. The Kier molecular flexibility index (Phi) is 4.00. The van der Waals surface area contributed by atoms with Gasteiger partial charge in [0.15, 0.2) is 0 Å². The Morgan fingerprint density at radius 1 is 1.00 bits per heavy atom. The summed E-state index contributed by atoms with van der Waals surface area (Å²) in [4.78, 5) is 0. The van der Waals surface area contributed by atoms with E-state index in [0.29, 0.717) is 5.92 Å². The summed E-state index contributed by atoms with van der Waals surface area (Å²) in [6.45, 7) is 4.28. The molecule has 0 aromatic heterocycles. The number of nitrogens with two attached hydrogens (primary N) is 1. The second-order valence-corrected chi connectivity index (χ2v) is 5.04. The fourth-order valence-corrected chi connectivity index (χ4v) is 2.55. The molecular weight excluding hydrogens is 222 g/mol. The van der Waals surface area contributed by atoms with Crippen molar-refractivity contribution in [1.29, 1.82) is 0 Å². The molecule has 2 aromatic rings. The molecular formula is C16H21NO. The molecule has 0 saturated heterocycles. The predicted octanol–water partition coefficient (Wildman–Crippen LogP) is 3.51. The molecule has 2 heteroatoms. The average Bonchev–Trinajstić information content (AvgIpc) is 2.38. The van der Waals surface area contributed by atoms with E-state index in [9.17, 15) is 0 Å². The monoisotopic (exact) mass is 243 g/mol. The molecule has 0 aliphatic heterocycles. The van der Waals surface area contributed by atoms with Crippen molar-refractivity contribution in [1.82, 2.24) is 0 Å². The summed E-state index contributed by atoms with van der Waals surface area (Å²) in [6, 6.07) is 14.5. The van der Waals surface area contributed by atoms with Crippen LogP contribution in [0, 0.1) is 5.92 Å². The molecule has 2 rings (SSSR count). The van der Waals surface area contributed by atoms with E-state index in [1.807, 2.05) is 6.07 Å². The van der Waals surface area contributed by atoms with Gasteiger partial charge in [0.2, 0.25) is 0 Å². The van der Waals surface area contributed by atoms with Crippen molar-refractivity contribution in [3.8, 4) is 0 Å². The molecule has 0 aliphatic carbocycles. The molecule has 0 bridgehead atoms. The lowest BCUT2D eigenvalue weighted by Crippen LogP contribution is -2.32. The molecule has 2 unspecified atom stereocenters. The van der Waals surface area contributed by atoms with Crippen LogP contribution in [-0.2, 0) is 4.74 Å². The Morgan fingerprint density at radius 3 is 2.33 bits per heavy atom. The molecule has 0 aliphatic rings. The first-order chi connectivity index (χ1) is 8.65. The van der Waals surface area contributed by atoms with Crippen LogP contribution in [0.25, 0.3) is 10.8 Å². The van der Waals surface area contributed by atoms with Crippen LogP contribution in [-0.4, -0.2) is 13.2 Å². The summed E-state index contributed by atoms with van der Waals surface area (Å²) in [7, 11) is 1.73. The van der Waals surface area contributed by atoms with Gasteiger partial charge in [-0.25, -0.2) is 0 Å². The van der Waals surface area contributed by atoms with Crippen LogP contribution in [0.1, 0.15) is 25.5 Å². The van der Waals surface area contributed by atoms with Crippen LogP contribution in [0.4, 0.5) is 0 Å². The van der Waals surface area contributed by atoms with Crippen LogP contribution < -0.4 is 5.73 Å². The fraction of sp³-hybridized carbons (Fsp3) is 0.375. The van der Waals surface area contributed by atoms with E-state index in [4.69, 9.17) is 10.5 Å². The van der Waals surface area contributed by atoms with E-state index in [1.165, 1.54) is 10.8 Å². The number of rotatable bonds is 4. The van der Waals surface area contributed by atoms with Crippen LogP contribution in [0.2, 0.25) is 0 Å². The maximum Gasteiger partial charge on any atom is 0.0786 e. The van der Waals surface area contributed by atoms with Gasteiger partial charge in [0.05, 0.1) is 12.1 Å². The van der Waals surface area contributed by atoms with Gasteiger partial charge in [0.25, 0.3) is 0 Å². The van der Waals surface area contributed by atoms with Gasteiger partial charge >= 0.3 is 0 Å². The molecule has 2 atom stereocenters. The SMILES string of the molecule is COC(C(C)C)C(N)c1cccc2ccccc12. The van der Waals surface area contributed by atoms with Gasteiger partial charge < -0.3 is 10.5 Å². The van der Waals surface area contributed by atoms with E-state index in [1.54, 1.807) is 7.11 Å². The molecule has 2 aromatic carbocycles. The van der Waals surface area contributed by atoms with Gasteiger partial charge in [-0.1, -0.05) is 56.3 Å². The van der Waals surface area contributed by atoms with Crippen molar-refractivity contribution in [3.05, 3.63) is 48.0 Å². The van der Waals surface area contributed by atoms with Gasteiger partial charge in [-0.05, 0) is 22.3 Å². The largest absolute Gasteiger partial charge is 0.379 e. The zero-order chi connectivity index (χ0) is 13.1. The standard InChI is InChI=1S/C16H21NO/c1-11(2)16(18-3)15(17)14-10-6-8-12-7-4-5-9-13(12)14/h4-11,15-16H,17H2,1-3H3. The highest BCUT2D eigenvalue weighted by Crippen LogP contribution is 2.28. The molecule has 0 fully saturated rings. The molecule has 0 amide bonds. The topological polar surface area (TPSA) is 35.2 Å². The van der Waals surface area contributed by atoms with E-state index in [2.05, 4.69) is 50.2 Å². The zero-order valence-corrected chi connectivity index (χ0v) is 11.3. The number of methoxy groups -OCH3 is 1. The lowest BCUT2D eigenvalue weighted by atomic mass is 9.91. The molecule has 0 heterocycles. The first-order valence-corrected chi connectivity index (χ1v) is 6.41. The Balaban J connectivity index is 2.47. The van der Waals surface area contributed by atoms with Gasteiger partial charge in [-0.3, -0.25) is 0 Å². The van der Waals surface area contributed by atoms with Crippen molar-refractivity contribution < 1.29 is 4.74 Å². The minimum absolute atomic E-state index is 0.0378. The third-order valence-corrected chi connectivity index (χ3v) is 3.47. The highest BCUT2D eigenvalue weighted by molar-refractivity contribution is 5.86. The van der Waals surface area contributed by atoms with Gasteiger partial charge in [-0.2, -0.15) is 0 Å². The normalized spacial score (nSPS) is 14.9. The zero-order valence-electron chi connectivity index (χ0n) is 11.3. The highest BCUT2D eigenvalue weighted by Gasteiger charge is 2.23. The molecule has 18 heavy (non-hydrogen) atoms. The molecule has 0 radical (unpaired) electrons. The Morgan fingerprint density at radius 2 is 1.67 bits per heavy atom. The smallest absolute Gasteiger partial charge is 0.0786 e. The fourth-order valence-electron chi connectivity index (χ4n) is 2.55. The van der Waals surface area contributed by atoms with Gasteiger partial charge in [0, 0.05) is 7.11 Å². The third kappa shape index (κ3) is 2.40. The van der Waals surface area contributed by atoms with Crippen molar-refractivity contribution in [2.45, 2.75) is 26.0 Å². The third-order valence-electron chi connectivity index (χ3n) is 3.47. The number of hydrogen-bond donors (Lipinski definition) is 1. The summed E-state index contributed by atoms with van der Waals surface area (Å²) in [5, 5.41) is 2.44. The predicted molar refractivity (Wildman–Crippen MR) is 76.5 cm³/mol. The summed E-state index contributed by atoms with van der Waals surface area (Å²) in [6.07, 6.45) is 0.0378. The van der Waals surface area contributed by atoms with E-state index in [-0.39, 0.29) is 12.1 Å². The van der Waals surface area contributed by atoms with Gasteiger partial charge in [-0.15, -0.1) is 0 Å². The molecule has 96 valence electrons. The minimum Gasteiger partial charge on any atom is -0.379 e. The van der Waals surface area contributed by atoms with E-state index >= 15 is 0 Å². The number of fused-ring (bicyclic) bond motifs is 1. The number of benzene rings is 2. The Hall–Kier alpha value is -1.38. The second-order valence-electron chi connectivity index (χ2n) is 5.04. The molecule has 0 saturated carbocycles. The quantitative estimate of drug-likeness (QED) is 0.891. The maximum absolute atomic E-state index is 6.39. The minimum atomic E-state index is -0.0962. The van der Waals surface area contributed by atoms with Crippen LogP contribution in [0.15, 0.2) is 42.5 Å². The first kappa shape index (κ1) is 13.1. The van der Waals surface area contributed by atoms with Crippen molar-refractivity contribution >= 4 is 10.8 Å². The maximum atomic E-state index is 6.39. The lowest BCUT2D eigenvalue weighted by Gasteiger charge is -2.27. The summed E-state index contributed by atoms with van der Waals surface area (Å²) < 4.78 is 5.55. The van der Waals surface area contributed by atoms with Gasteiger partial charge in [0.1, 0.15) is 0 Å². The summed E-state index contributed by atoms with van der Waals surface area (Å²) in [5.41, 5.74) is 7.55. The van der Waals surface area contributed by atoms with Crippen LogP contribution in [0.3, 0.4) is 0 Å². The van der Waals surface area contributed by atoms with Crippen LogP contribution in [0.5, 0.6) is 0 Å². The summed E-state index contributed by atoms with van der Waals surface area (Å²) >= 11 is 0. The highest BCUT2D eigenvalue weighted by atomic mass is 16.5. The Labute approximate surface area is 109 Å². The van der Waals surface area contributed by atoms with Crippen molar-refractivity contribution in [2.24, 2.45) is 11.7 Å². The summed E-state index contributed by atoms with van der Waals surface area (Å²) in [5.74, 6) is 0.393. The van der Waals surface area contributed by atoms with E-state index < -0.39 is 0 Å². The van der Waals surface area contributed by atoms with Crippen molar-refractivity contribution in [3.63, 3.8) is 0 Å². The molecule has 2 N–H and O–H groups in total. The molecule has 0 spiro atoms. The first-order valence-electron chi connectivity index (χ1n) is 6.41. The second kappa shape index (κ2) is 5.51.